The van der Waals surface area contributed by atoms with Crippen LogP contribution in [-0.4, -0.2) is 45.5 Å². The Morgan fingerprint density at radius 3 is 3.00 bits per heavy atom. The maximum Gasteiger partial charge on any atom is 0.361 e. The average molecular weight is 346 g/mol. The van der Waals surface area contributed by atoms with Crippen LogP contribution in [0.2, 0.25) is 0 Å². The second kappa shape index (κ2) is 7.74. The number of halogens is 1. The van der Waals surface area contributed by atoms with Gasteiger partial charge in [0.05, 0.1) is 6.61 Å². The van der Waals surface area contributed by atoms with Gasteiger partial charge in [0, 0.05) is 18.2 Å². The molecule has 1 aromatic carbocycles. The highest BCUT2D eigenvalue weighted by Gasteiger charge is 2.24. The zero-order chi connectivity index (χ0) is 17.8. The first-order chi connectivity index (χ1) is 12.1. The molecule has 1 aromatic heterocycles. The van der Waals surface area contributed by atoms with Crippen LogP contribution in [-0.2, 0) is 11.3 Å². The second-order valence-corrected chi connectivity index (χ2v) is 6.36. The van der Waals surface area contributed by atoms with Crippen molar-refractivity contribution in [1.82, 2.24) is 20.3 Å². The van der Waals surface area contributed by atoms with Gasteiger partial charge in [-0.2, -0.15) is 10.3 Å². The lowest BCUT2D eigenvalue weighted by atomic mass is 9.99. The van der Waals surface area contributed by atoms with E-state index in [1.165, 1.54) is 18.6 Å². The highest BCUT2D eigenvalue weighted by Crippen LogP contribution is 2.28. The molecule has 0 bridgehead atoms. The Kier molecular flexibility index (Phi) is 5.43. The molecule has 2 heterocycles. The van der Waals surface area contributed by atoms with Gasteiger partial charge in [-0.25, -0.2) is 9.18 Å². The van der Waals surface area contributed by atoms with Crippen LogP contribution in [0.4, 0.5) is 4.39 Å². The van der Waals surface area contributed by atoms with E-state index >= 15 is 0 Å². The van der Waals surface area contributed by atoms with Gasteiger partial charge in [0.2, 0.25) is 0 Å². The number of carbonyl (C=O) groups is 1. The summed E-state index contributed by atoms with van der Waals surface area (Å²) < 4.78 is 18.9. The molecule has 0 spiro atoms. The fourth-order valence-electron chi connectivity index (χ4n) is 3.30. The normalized spacial score (nSPS) is 18.3. The van der Waals surface area contributed by atoms with Gasteiger partial charge in [-0.1, -0.05) is 6.42 Å². The summed E-state index contributed by atoms with van der Waals surface area (Å²) >= 11 is 0. The maximum atomic E-state index is 13.9. The number of ether oxygens (including phenoxy) is 1. The van der Waals surface area contributed by atoms with Crippen LogP contribution in [0.5, 0.6) is 0 Å². The first-order valence-corrected chi connectivity index (χ1v) is 8.71. The highest BCUT2D eigenvalue weighted by atomic mass is 19.1. The number of nitrogens with zero attached hydrogens (tertiary/aromatic N) is 3. The number of carbonyl (C=O) groups excluding carboxylic acids is 1. The number of hydrogen-bond acceptors (Lipinski definition) is 5. The van der Waals surface area contributed by atoms with Crippen LogP contribution in [0.25, 0.3) is 11.3 Å². The molecule has 1 atom stereocenters. The molecule has 1 fully saturated rings. The fraction of sp³-hybridized carbons (Fsp3) is 0.500. The van der Waals surface area contributed by atoms with Crippen molar-refractivity contribution in [1.29, 1.82) is 0 Å². The van der Waals surface area contributed by atoms with E-state index in [4.69, 9.17) is 4.74 Å². The standard InChI is InChI=1S/C18H23FN4O2/c1-3-25-18(24)17-16(20-22-21-17)15-8-7-14(19)10-13(15)11-23-9-5-4-6-12(23)2/h7-8,10,12H,3-6,9,11H2,1-2H3,(H,20,21,22). The molecular formula is C18H23FN4O2. The Bertz CT molecular complexity index is 746. The van der Waals surface area contributed by atoms with Gasteiger partial charge in [0.15, 0.2) is 5.69 Å². The van der Waals surface area contributed by atoms with Crippen LogP contribution in [0, 0.1) is 5.82 Å². The Balaban J connectivity index is 1.95. The zero-order valence-electron chi connectivity index (χ0n) is 14.6. The van der Waals surface area contributed by atoms with Gasteiger partial charge in [-0.05, 0) is 57.0 Å². The van der Waals surface area contributed by atoms with Crippen molar-refractivity contribution in [2.75, 3.05) is 13.2 Å². The quantitative estimate of drug-likeness (QED) is 0.842. The summed E-state index contributed by atoms with van der Waals surface area (Å²) in [6.45, 7) is 5.79. The van der Waals surface area contributed by atoms with Crippen LogP contribution < -0.4 is 0 Å². The summed E-state index contributed by atoms with van der Waals surface area (Å²) in [4.78, 5) is 14.4. The third kappa shape index (κ3) is 3.87. The first-order valence-electron chi connectivity index (χ1n) is 8.71. The maximum absolute atomic E-state index is 13.9. The van der Waals surface area contributed by atoms with Gasteiger partial charge < -0.3 is 4.74 Å². The van der Waals surface area contributed by atoms with E-state index in [2.05, 4.69) is 27.2 Å². The summed E-state index contributed by atoms with van der Waals surface area (Å²) in [5, 5.41) is 10.5. The molecule has 0 radical (unpaired) electrons. The second-order valence-electron chi connectivity index (χ2n) is 6.36. The number of likely N-dealkylation sites (tertiary alicyclic amines) is 1. The summed E-state index contributed by atoms with van der Waals surface area (Å²) in [5.74, 6) is -0.836. The Labute approximate surface area is 146 Å². The Hall–Kier alpha value is -2.28. The molecule has 0 aliphatic carbocycles. The minimum Gasteiger partial charge on any atom is -0.461 e. The lowest BCUT2D eigenvalue weighted by Gasteiger charge is -2.33. The topological polar surface area (TPSA) is 71.1 Å². The molecule has 7 heteroatoms. The third-order valence-corrected chi connectivity index (χ3v) is 4.65. The molecule has 1 aliphatic rings. The smallest absolute Gasteiger partial charge is 0.361 e. The number of aromatic nitrogens is 3. The fourth-order valence-corrected chi connectivity index (χ4v) is 3.30. The molecule has 3 rings (SSSR count). The lowest BCUT2D eigenvalue weighted by Crippen LogP contribution is -2.36. The van der Waals surface area contributed by atoms with Crippen molar-refractivity contribution in [3.63, 3.8) is 0 Å². The number of hydrogen-bond donors (Lipinski definition) is 1. The lowest BCUT2D eigenvalue weighted by molar-refractivity contribution is 0.0520. The third-order valence-electron chi connectivity index (χ3n) is 4.65. The summed E-state index contributed by atoms with van der Waals surface area (Å²) in [7, 11) is 0. The molecule has 0 amide bonds. The largest absolute Gasteiger partial charge is 0.461 e. The van der Waals surface area contributed by atoms with Crippen molar-refractivity contribution in [3.05, 3.63) is 35.3 Å². The van der Waals surface area contributed by atoms with Crippen LogP contribution in [0.3, 0.4) is 0 Å². The van der Waals surface area contributed by atoms with Crippen molar-refractivity contribution in [2.24, 2.45) is 0 Å². The molecule has 1 saturated heterocycles. The minimum absolute atomic E-state index is 0.126. The minimum atomic E-state index is -0.534. The van der Waals surface area contributed by atoms with E-state index in [1.54, 1.807) is 13.0 Å². The van der Waals surface area contributed by atoms with Crippen molar-refractivity contribution < 1.29 is 13.9 Å². The number of H-pyrrole nitrogens is 1. The average Bonchev–Trinajstić information content (AvgIpc) is 3.07. The molecule has 2 aromatic rings. The molecule has 0 saturated carbocycles. The number of piperidine rings is 1. The van der Waals surface area contributed by atoms with Crippen molar-refractivity contribution >= 4 is 5.97 Å². The van der Waals surface area contributed by atoms with Gasteiger partial charge in [0.25, 0.3) is 0 Å². The molecule has 1 aliphatic heterocycles. The van der Waals surface area contributed by atoms with E-state index in [1.807, 2.05) is 0 Å². The van der Waals surface area contributed by atoms with Crippen LogP contribution in [0.1, 0.15) is 49.2 Å². The van der Waals surface area contributed by atoms with Gasteiger partial charge in [0.1, 0.15) is 11.5 Å². The summed E-state index contributed by atoms with van der Waals surface area (Å²) in [6.07, 6.45) is 3.51. The number of nitrogens with one attached hydrogen (secondary N) is 1. The molecule has 1 N–H and O–H groups in total. The molecular weight excluding hydrogens is 323 g/mol. The van der Waals surface area contributed by atoms with Crippen LogP contribution in [0.15, 0.2) is 18.2 Å². The van der Waals surface area contributed by atoms with Crippen molar-refractivity contribution in [3.8, 4) is 11.3 Å². The Morgan fingerprint density at radius 2 is 2.24 bits per heavy atom. The van der Waals surface area contributed by atoms with E-state index in [-0.39, 0.29) is 18.1 Å². The monoisotopic (exact) mass is 346 g/mol. The van der Waals surface area contributed by atoms with E-state index in [0.717, 1.165) is 24.9 Å². The van der Waals surface area contributed by atoms with E-state index in [0.29, 0.717) is 23.8 Å². The predicted molar refractivity (Wildman–Crippen MR) is 91.5 cm³/mol. The number of benzene rings is 1. The zero-order valence-corrected chi connectivity index (χ0v) is 14.6. The van der Waals surface area contributed by atoms with E-state index < -0.39 is 5.97 Å². The van der Waals surface area contributed by atoms with Gasteiger partial charge >= 0.3 is 5.97 Å². The number of aromatic amines is 1. The molecule has 6 nitrogen and oxygen atoms in total. The molecule has 1 unspecified atom stereocenters. The summed E-state index contributed by atoms with van der Waals surface area (Å²) in [5.41, 5.74) is 2.03. The van der Waals surface area contributed by atoms with Gasteiger partial charge in [-0.3, -0.25) is 4.90 Å². The highest BCUT2D eigenvalue weighted by molar-refractivity contribution is 5.94. The molecule has 25 heavy (non-hydrogen) atoms. The SMILES string of the molecule is CCOC(=O)c1n[nH]nc1-c1ccc(F)cc1CN1CCCCC1C. The first kappa shape index (κ1) is 17.5. The van der Waals surface area contributed by atoms with E-state index in [9.17, 15) is 9.18 Å². The molecule has 134 valence electrons. The van der Waals surface area contributed by atoms with Gasteiger partial charge in [-0.15, -0.1) is 5.10 Å². The number of esters is 1. The number of rotatable bonds is 5. The Morgan fingerprint density at radius 1 is 1.40 bits per heavy atom. The predicted octanol–water partition coefficient (Wildman–Crippen LogP) is 3.16. The van der Waals surface area contributed by atoms with Crippen LogP contribution >= 0.6 is 0 Å². The summed E-state index contributed by atoms with van der Waals surface area (Å²) in [6, 6.07) is 4.99. The van der Waals surface area contributed by atoms with Crippen molar-refractivity contribution in [2.45, 2.75) is 45.7 Å².